The molecule has 0 saturated heterocycles. The lowest BCUT2D eigenvalue weighted by Crippen LogP contribution is -2.27. The number of hydrogen-bond donors (Lipinski definition) is 2. The Hall–Kier alpha value is -0.420. The van der Waals surface area contributed by atoms with Gasteiger partial charge in [0.2, 0.25) is 0 Å². The van der Waals surface area contributed by atoms with E-state index in [9.17, 15) is 5.11 Å². The molecule has 15 heavy (non-hydrogen) atoms. The highest BCUT2D eigenvalue weighted by Gasteiger charge is 2.10. The number of nitrogens with zero attached hydrogens (tertiary/aromatic N) is 1. The smallest absolute Gasteiger partial charge is 0.0917 e. The van der Waals surface area contributed by atoms with Crippen LogP contribution in [0.3, 0.4) is 0 Å². The fraction of sp³-hybridized carbons (Fsp3) is 0.455. The number of hydrogen-bond acceptors (Lipinski definition) is 3. The lowest BCUT2D eigenvalue weighted by Gasteiger charge is -2.19. The van der Waals surface area contributed by atoms with E-state index in [4.69, 9.17) is 5.11 Å². The molecule has 1 rings (SSSR count). The average molecular weight is 274 g/mol. The molecule has 0 amide bonds. The minimum Gasteiger partial charge on any atom is -0.395 e. The maximum atomic E-state index is 9.90. The number of benzene rings is 1. The SMILES string of the molecule is CN(CCO)CC(O)c1cccc(Br)c1. The summed E-state index contributed by atoms with van der Waals surface area (Å²) in [5, 5.41) is 18.6. The highest BCUT2D eigenvalue weighted by atomic mass is 79.9. The first-order chi connectivity index (χ1) is 7.13. The molecule has 1 aromatic rings. The van der Waals surface area contributed by atoms with E-state index in [1.165, 1.54) is 0 Å². The monoisotopic (exact) mass is 273 g/mol. The molecule has 0 aromatic heterocycles. The molecule has 2 N–H and O–H groups in total. The number of rotatable bonds is 5. The van der Waals surface area contributed by atoms with Crippen LogP contribution in [0.5, 0.6) is 0 Å². The number of halogens is 1. The van der Waals surface area contributed by atoms with Gasteiger partial charge in [-0.05, 0) is 24.7 Å². The zero-order valence-electron chi connectivity index (χ0n) is 8.73. The molecule has 0 aliphatic carbocycles. The van der Waals surface area contributed by atoms with Crippen LogP contribution >= 0.6 is 15.9 Å². The average Bonchev–Trinajstić information content (AvgIpc) is 2.18. The van der Waals surface area contributed by atoms with Crippen molar-refractivity contribution in [2.75, 3.05) is 26.7 Å². The Balaban J connectivity index is 2.56. The van der Waals surface area contributed by atoms with Crippen molar-refractivity contribution in [3.05, 3.63) is 34.3 Å². The van der Waals surface area contributed by atoms with Crippen LogP contribution in [0.25, 0.3) is 0 Å². The maximum absolute atomic E-state index is 9.90. The maximum Gasteiger partial charge on any atom is 0.0917 e. The van der Waals surface area contributed by atoms with Crippen LogP contribution < -0.4 is 0 Å². The van der Waals surface area contributed by atoms with E-state index in [2.05, 4.69) is 15.9 Å². The second-order valence-corrected chi connectivity index (χ2v) is 4.47. The lowest BCUT2D eigenvalue weighted by atomic mass is 10.1. The largest absolute Gasteiger partial charge is 0.395 e. The first-order valence-corrected chi connectivity index (χ1v) is 5.65. The summed E-state index contributed by atoms with van der Waals surface area (Å²) < 4.78 is 0.962. The van der Waals surface area contributed by atoms with E-state index in [0.29, 0.717) is 13.1 Å². The molecule has 84 valence electrons. The van der Waals surface area contributed by atoms with Gasteiger partial charge in [0.25, 0.3) is 0 Å². The minimum absolute atomic E-state index is 0.113. The van der Waals surface area contributed by atoms with Crippen molar-refractivity contribution in [1.82, 2.24) is 4.90 Å². The zero-order chi connectivity index (χ0) is 11.3. The molecule has 0 aliphatic rings. The quantitative estimate of drug-likeness (QED) is 0.853. The molecule has 0 fully saturated rings. The summed E-state index contributed by atoms with van der Waals surface area (Å²) in [4.78, 5) is 1.89. The predicted octanol–water partition coefficient (Wildman–Crippen LogP) is 1.41. The summed E-state index contributed by atoms with van der Waals surface area (Å²) in [6.07, 6.45) is -0.515. The van der Waals surface area contributed by atoms with Gasteiger partial charge in [-0.1, -0.05) is 28.1 Å². The molecule has 0 heterocycles. The van der Waals surface area contributed by atoms with Crippen LogP contribution in [0, 0.1) is 0 Å². The summed E-state index contributed by atoms with van der Waals surface area (Å²) in [6.45, 7) is 1.21. The van der Waals surface area contributed by atoms with Gasteiger partial charge in [-0.15, -0.1) is 0 Å². The van der Waals surface area contributed by atoms with Crippen molar-refractivity contribution in [2.24, 2.45) is 0 Å². The number of likely N-dealkylation sites (N-methyl/N-ethyl adjacent to an activating group) is 1. The molecule has 4 heteroatoms. The van der Waals surface area contributed by atoms with Crippen molar-refractivity contribution >= 4 is 15.9 Å². The summed E-state index contributed by atoms with van der Waals surface area (Å²) in [5.41, 5.74) is 0.883. The van der Waals surface area contributed by atoms with Gasteiger partial charge in [-0.2, -0.15) is 0 Å². The highest BCUT2D eigenvalue weighted by molar-refractivity contribution is 9.10. The van der Waals surface area contributed by atoms with Gasteiger partial charge in [0.15, 0.2) is 0 Å². The third-order valence-corrected chi connectivity index (χ3v) is 2.69. The Bertz CT molecular complexity index is 306. The second kappa shape index (κ2) is 6.23. The Morgan fingerprint density at radius 2 is 2.20 bits per heavy atom. The van der Waals surface area contributed by atoms with E-state index >= 15 is 0 Å². The van der Waals surface area contributed by atoms with Crippen molar-refractivity contribution < 1.29 is 10.2 Å². The Morgan fingerprint density at radius 3 is 2.80 bits per heavy atom. The van der Waals surface area contributed by atoms with Gasteiger partial charge in [0, 0.05) is 17.6 Å². The minimum atomic E-state index is -0.515. The molecule has 0 spiro atoms. The van der Waals surface area contributed by atoms with Crippen molar-refractivity contribution in [1.29, 1.82) is 0 Å². The van der Waals surface area contributed by atoms with Gasteiger partial charge in [0.05, 0.1) is 12.7 Å². The molecule has 1 aromatic carbocycles. The van der Waals surface area contributed by atoms with Crippen LogP contribution in [0.2, 0.25) is 0 Å². The Kier molecular flexibility index (Phi) is 5.25. The first kappa shape index (κ1) is 12.6. The van der Waals surface area contributed by atoms with Crippen molar-refractivity contribution in [3.63, 3.8) is 0 Å². The van der Waals surface area contributed by atoms with Gasteiger partial charge in [-0.3, -0.25) is 0 Å². The van der Waals surface area contributed by atoms with Crippen LogP contribution in [-0.4, -0.2) is 41.9 Å². The topological polar surface area (TPSA) is 43.7 Å². The summed E-state index contributed by atoms with van der Waals surface area (Å²) in [5.74, 6) is 0. The van der Waals surface area contributed by atoms with E-state index < -0.39 is 6.10 Å². The predicted molar refractivity (Wildman–Crippen MR) is 63.7 cm³/mol. The van der Waals surface area contributed by atoms with Gasteiger partial charge >= 0.3 is 0 Å². The van der Waals surface area contributed by atoms with E-state index in [0.717, 1.165) is 10.0 Å². The molecule has 1 unspecified atom stereocenters. The Morgan fingerprint density at radius 1 is 1.47 bits per heavy atom. The Labute approximate surface area is 98.5 Å². The zero-order valence-corrected chi connectivity index (χ0v) is 10.3. The molecule has 0 bridgehead atoms. The van der Waals surface area contributed by atoms with Crippen molar-refractivity contribution in [2.45, 2.75) is 6.10 Å². The van der Waals surface area contributed by atoms with Gasteiger partial charge in [0.1, 0.15) is 0 Å². The van der Waals surface area contributed by atoms with E-state index in [1.54, 1.807) is 0 Å². The molecule has 1 atom stereocenters. The molecular formula is C11H16BrNO2. The van der Waals surface area contributed by atoms with Crippen molar-refractivity contribution in [3.8, 4) is 0 Å². The van der Waals surface area contributed by atoms with Crippen LogP contribution in [0.1, 0.15) is 11.7 Å². The van der Waals surface area contributed by atoms with Gasteiger partial charge < -0.3 is 15.1 Å². The molecule has 3 nitrogen and oxygen atoms in total. The standard InChI is InChI=1S/C11H16BrNO2/c1-13(5-6-14)8-11(15)9-3-2-4-10(12)7-9/h2-4,7,11,14-15H,5-6,8H2,1H3. The van der Waals surface area contributed by atoms with Crippen LogP contribution in [-0.2, 0) is 0 Å². The highest BCUT2D eigenvalue weighted by Crippen LogP contribution is 2.18. The summed E-state index contributed by atoms with van der Waals surface area (Å²) in [7, 11) is 1.87. The summed E-state index contributed by atoms with van der Waals surface area (Å²) >= 11 is 3.36. The first-order valence-electron chi connectivity index (χ1n) is 4.86. The van der Waals surface area contributed by atoms with E-state index in [-0.39, 0.29) is 6.61 Å². The normalized spacial score (nSPS) is 13.1. The molecule has 0 aliphatic heterocycles. The van der Waals surface area contributed by atoms with E-state index in [1.807, 2.05) is 36.2 Å². The molecular weight excluding hydrogens is 258 g/mol. The van der Waals surface area contributed by atoms with Gasteiger partial charge in [-0.25, -0.2) is 0 Å². The molecule has 0 saturated carbocycles. The number of aliphatic hydroxyl groups excluding tert-OH is 2. The third-order valence-electron chi connectivity index (χ3n) is 2.20. The fourth-order valence-electron chi connectivity index (χ4n) is 1.38. The third kappa shape index (κ3) is 4.30. The lowest BCUT2D eigenvalue weighted by molar-refractivity contribution is 0.115. The van der Waals surface area contributed by atoms with Crippen LogP contribution in [0.4, 0.5) is 0 Å². The van der Waals surface area contributed by atoms with Crippen LogP contribution in [0.15, 0.2) is 28.7 Å². The second-order valence-electron chi connectivity index (χ2n) is 3.56. The molecule has 0 radical (unpaired) electrons. The summed E-state index contributed by atoms with van der Waals surface area (Å²) in [6, 6.07) is 7.61. The fourth-order valence-corrected chi connectivity index (χ4v) is 1.79. The number of aliphatic hydroxyl groups is 2.